The largest absolute Gasteiger partial charge is 0.573 e. The average Bonchev–Trinajstić information content (AvgIpc) is 2.29. The lowest BCUT2D eigenvalue weighted by Gasteiger charge is -2.15. The molecule has 0 heterocycles. The molecule has 0 atom stereocenters. The van der Waals surface area contributed by atoms with Crippen molar-refractivity contribution in [3.63, 3.8) is 0 Å². The van der Waals surface area contributed by atoms with E-state index in [0.29, 0.717) is 16.7 Å². The third-order valence-corrected chi connectivity index (χ3v) is 3.63. The second kappa shape index (κ2) is 7.89. The van der Waals surface area contributed by atoms with Crippen LogP contribution in [-0.4, -0.2) is 24.4 Å². The van der Waals surface area contributed by atoms with Crippen LogP contribution in [0.2, 0.25) is 0 Å². The zero-order valence-electron chi connectivity index (χ0n) is 10.4. The van der Waals surface area contributed by atoms with E-state index in [9.17, 15) is 13.2 Å². The monoisotopic (exact) mass is 357 g/mol. The first kappa shape index (κ1) is 16.5. The van der Waals surface area contributed by atoms with E-state index in [1.807, 2.05) is 0 Å². The first-order chi connectivity index (χ1) is 8.92. The van der Waals surface area contributed by atoms with Crippen molar-refractivity contribution in [2.24, 2.45) is 0 Å². The SMILES string of the molecule is CCSCCCNc1ccc(Br)cc1OC(F)(F)F. The molecule has 0 amide bonds. The van der Waals surface area contributed by atoms with E-state index in [4.69, 9.17) is 0 Å². The summed E-state index contributed by atoms with van der Waals surface area (Å²) in [5.41, 5.74) is 0.349. The predicted molar refractivity (Wildman–Crippen MR) is 76.9 cm³/mol. The number of hydrogen-bond donors (Lipinski definition) is 1. The van der Waals surface area contributed by atoms with Gasteiger partial charge in [-0.15, -0.1) is 13.2 Å². The molecule has 0 radical (unpaired) electrons. The summed E-state index contributed by atoms with van der Waals surface area (Å²) in [5, 5.41) is 2.96. The smallest absolute Gasteiger partial charge is 0.404 e. The molecule has 0 bridgehead atoms. The van der Waals surface area contributed by atoms with Crippen LogP contribution in [0.15, 0.2) is 22.7 Å². The highest BCUT2D eigenvalue weighted by Gasteiger charge is 2.32. The fourth-order valence-corrected chi connectivity index (χ4v) is 2.37. The second-order valence-corrected chi connectivity index (χ2v) is 5.98. The maximum atomic E-state index is 12.3. The van der Waals surface area contributed by atoms with Gasteiger partial charge in [0.05, 0.1) is 5.69 Å². The summed E-state index contributed by atoms with van der Waals surface area (Å²) < 4.78 is 41.4. The first-order valence-corrected chi connectivity index (χ1v) is 7.74. The van der Waals surface area contributed by atoms with E-state index < -0.39 is 6.36 Å². The van der Waals surface area contributed by atoms with E-state index in [2.05, 4.69) is 32.9 Å². The van der Waals surface area contributed by atoms with Crippen LogP contribution in [0.25, 0.3) is 0 Å². The molecule has 7 heteroatoms. The highest BCUT2D eigenvalue weighted by Crippen LogP contribution is 2.32. The van der Waals surface area contributed by atoms with E-state index in [-0.39, 0.29) is 5.75 Å². The van der Waals surface area contributed by atoms with Crippen molar-refractivity contribution >= 4 is 33.4 Å². The molecule has 0 saturated heterocycles. The molecule has 1 N–H and O–H groups in total. The van der Waals surface area contributed by atoms with Gasteiger partial charge in [0.2, 0.25) is 0 Å². The van der Waals surface area contributed by atoms with Gasteiger partial charge in [-0.3, -0.25) is 0 Å². The van der Waals surface area contributed by atoms with Gasteiger partial charge in [0.25, 0.3) is 0 Å². The Kier molecular flexibility index (Phi) is 6.85. The number of thioether (sulfide) groups is 1. The lowest BCUT2D eigenvalue weighted by Crippen LogP contribution is -2.18. The van der Waals surface area contributed by atoms with Crippen LogP contribution < -0.4 is 10.1 Å². The molecule has 0 aromatic heterocycles. The molecule has 0 saturated carbocycles. The molecular formula is C12H15BrF3NOS. The average molecular weight is 358 g/mol. The molecule has 2 nitrogen and oxygen atoms in total. The van der Waals surface area contributed by atoms with Gasteiger partial charge in [-0.05, 0) is 36.1 Å². The minimum absolute atomic E-state index is 0.218. The van der Waals surface area contributed by atoms with Crippen molar-refractivity contribution < 1.29 is 17.9 Å². The van der Waals surface area contributed by atoms with Crippen molar-refractivity contribution in [3.8, 4) is 5.75 Å². The number of halogens is 4. The van der Waals surface area contributed by atoms with E-state index >= 15 is 0 Å². The molecule has 1 aromatic carbocycles. The molecule has 0 aliphatic carbocycles. The Morgan fingerprint density at radius 2 is 2.11 bits per heavy atom. The van der Waals surface area contributed by atoms with E-state index in [1.165, 1.54) is 6.07 Å². The fraction of sp³-hybridized carbons (Fsp3) is 0.500. The Hall–Kier alpha value is -0.560. The van der Waals surface area contributed by atoms with Crippen LogP contribution in [0.3, 0.4) is 0 Å². The molecule has 0 aliphatic rings. The number of alkyl halides is 3. The zero-order valence-corrected chi connectivity index (χ0v) is 12.8. The lowest BCUT2D eigenvalue weighted by molar-refractivity contribution is -0.274. The van der Waals surface area contributed by atoms with Crippen molar-refractivity contribution in [3.05, 3.63) is 22.7 Å². The Morgan fingerprint density at radius 1 is 1.37 bits per heavy atom. The van der Waals surface area contributed by atoms with Crippen LogP contribution in [0, 0.1) is 0 Å². The Labute approximate surface area is 123 Å². The second-order valence-electron chi connectivity index (χ2n) is 3.67. The Morgan fingerprint density at radius 3 is 2.74 bits per heavy atom. The van der Waals surface area contributed by atoms with Crippen LogP contribution in [0.5, 0.6) is 5.75 Å². The minimum atomic E-state index is -4.69. The number of benzene rings is 1. The summed E-state index contributed by atoms with van der Waals surface area (Å²) in [6, 6.07) is 4.54. The number of hydrogen-bond acceptors (Lipinski definition) is 3. The molecule has 0 spiro atoms. The number of nitrogens with one attached hydrogen (secondary N) is 1. The van der Waals surface area contributed by atoms with Crippen molar-refractivity contribution in [2.45, 2.75) is 19.7 Å². The highest BCUT2D eigenvalue weighted by atomic mass is 79.9. The number of rotatable bonds is 7. The summed E-state index contributed by atoms with van der Waals surface area (Å²) in [6.45, 7) is 2.69. The van der Waals surface area contributed by atoms with Crippen molar-refractivity contribution in [1.29, 1.82) is 0 Å². The van der Waals surface area contributed by atoms with Crippen LogP contribution in [-0.2, 0) is 0 Å². The maximum Gasteiger partial charge on any atom is 0.573 e. The van der Waals surface area contributed by atoms with Gasteiger partial charge >= 0.3 is 6.36 Å². The quantitative estimate of drug-likeness (QED) is 0.701. The first-order valence-electron chi connectivity index (χ1n) is 5.79. The number of anilines is 1. The third-order valence-electron chi connectivity index (χ3n) is 2.15. The Balaban J connectivity index is 2.61. The van der Waals surface area contributed by atoms with Crippen LogP contribution in [0.4, 0.5) is 18.9 Å². The van der Waals surface area contributed by atoms with Crippen LogP contribution >= 0.6 is 27.7 Å². The minimum Gasteiger partial charge on any atom is -0.404 e. The summed E-state index contributed by atoms with van der Waals surface area (Å²) in [7, 11) is 0. The molecule has 0 unspecified atom stereocenters. The van der Waals surface area contributed by atoms with Gasteiger partial charge in [0.1, 0.15) is 0 Å². The van der Waals surface area contributed by atoms with Crippen LogP contribution in [0.1, 0.15) is 13.3 Å². The maximum absolute atomic E-state index is 12.3. The molecule has 19 heavy (non-hydrogen) atoms. The van der Waals surface area contributed by atoms with E-state index in [0.717, 1.165) is 17.9 Å². The third kappa shape index (κ3) is 6.96. The topological polar surface area (TPSA) is 21.3 Å². The fourth-order valence-electron chi connectivity index (χ4n) is 1.39. The molecule has 1 rings (SSSR count). The lowest BCUT2D eigenvalue weighted by atomic mass is 10.3. The van der Waals surface area contributed by atoms with Gasteiger partial charge in [-0.1, -0.05) is 22.9 Å². The molecule has 108 valence electrons. The summed E-state index contributed by atoms with van der Waals surface area (Å²) in [4.78, 5) is 0. The normalized spacial score (nSPS) is 11.4. The molecule has 0 fully saturated rings. The van der Waals surface area contributed by atoms with Gasteiger partial charge in [-0.2, -0.15) is 11.8 Å². The molecule has 1 aromatic rings. The zero-order chi connectivity index (χ0) is 14.3. The van der Waals surface area contributed by atoms with Gasteiger partial charge in [0.15, 0.2) is 5.75 Å². The van der Waals surface area contributed by atoms with E-state index in [1.54, 1.807) is 23.9 Å². The predicted octanol–water partition coefficient (Wildman–Crippen LogP) is 4.90. The summed E-state index contributed by atoms with van der Waals surface area (Å²) in [5.74, 6) is 1.81. The van der Waals surface area contributed by atoms with Crippen molar-refractivity contribution in [2.75, 3.05) is 23.4 Å². The molecule has 0 aliphatic heterocycles. The molecular weight excluding hydrogens is 343 g/mol. The summed E-state index contributed by atoms with van der Waals surface area (Å²) >= 11 is 4.93. The van der Waals surface area contributed by atoms with Gasteiger partial charge < -0.3 is 10.1 Å². The standard InChI is InChI=1S/C12H15BrF3NOS/c1-2-19-7-3-6-17-10-5-4-9(13)8-11(10)18-12(14,15)16/h4-5,8,17H,2-3,6-7H2,1H3. The Bertz CT molecular complexity index is 401. The van der Waals surface area contributed by atoms with Crippen molar-refractivity contribution in [1.82, 2.24) is 0 Å². The summed E-state index contributed by atoms with van der Waals surface area (Å²) in [6.07, 6.45) is -3.80. The highest BCUT2D eigenvalue weighted by molar-refractivity contribution is 9.10. The van der Waals surface area contributed by atoms with Gasteiger partial charge in [-0.25, -0.2) is 0 Å². The van der Waals surface area contributed by atoms with Gasteiger partial charge in [0, 0.05) is 11.0 Å². The number of ether oxygens (including phenoxy) is 1.